The molecule has 0 unspecified atom stereocenters. The lowest BCUT2D eigenvalue weighted by molar-refractivity contribution is -0.118. The van der Waals surface area contributed by atoms with Gasteiger partial charge in [0.2, 0.25) is 0 Å². The number of benzene rings is 2. The fraction of sp³-hybridized carbons (Fsp3) is 0.381. The number of carbonyl (C=O) groups excluding carboxylic acids is 1. The Kier molecular flexibility index (Phi) is 9.27. The van der Waals surface area contributed by atoms with Gasteiger partial charge in [0.25, 0.3) is 5.91 Å². The fourth-order valence-electron chi connectivity index (χ4n) is 2.56. The topological polar surface area (TPSA) is 68.8 Å². The Morgan fingerprint density at radius 3 is 2.57 bits per heavy atom. The van der Waals surface area contributed by atoms with Crippen LogP contribution in [0.2, 0.25) is 0 Å². The van der Waals surface area contributed by atoms with Crippen molar-refractivity contribution in [3.8, 4) is 11.5 Å². The number of nitrogens with one attached hydrogen (secondary N) is 2. The number of methoxy groups -OCH3 is 2. The minimum atomic E-state index is -0.235. The zero-order valence-corrected chi connectivity index (χ0v) is 18.1. The van der Waals surface area contributed by atoms with Crippen LogP contribution in [0.15, 0.2) is 40.9 Å². The second kappa shape index (κ2) is 11.7. The molecule has 28 heavy (non-hydrogen) atoms. The highest BCUT2D eigenvalue weighted by molar-refractivity contribution is 9.10. The first-order chi connectivity index (χ1) is 13.5. The number of amides is 1. The van der Waals surface area contributed by atoms with E-state index in [9.17, 15) is 4.79 Å². The summed E-state index contributed by atoms with van der Waals surface area (Å²) in [6.07, 6.45) is 0.950. The van der Waals surface area contributed by atoms with E-state index in [-0.39, 0.29) is 12.5 Å². The largest absolute Gasteiger partial charge is 0.493 e. The van der Waals surface area contributed by atoms with Crippen LogP contribution in [0, 0.1) is 6.92 Å². The molecule has 152 valence electrons. The van der Waals surface area contributed by atoms with Crippen LogP contribution in [-0.2, 0) is 16.1 Å². The Labute approximate surface area is 174 Å². The van der Waals surface area contributed by atoms with Crippen molar-refractivity contribution in [2.75, 3.05) is 39.3 Å². The lowest BCUT2D eigenvalue weighted by Crippen LogP contribution is -2.20. The number of aryl methyl sites for hydroxylation is 1. The van der Waals surface area contributed by atoms with Crippen LogP contribution in [0.5, 0.6) is 11.5 Å². The normalized spacial score (nSPS) is 10.6. The maximum absolute atomic E-state index is 12.2. The van der Waals surface area contributed by atoms with Gasteiger partial charge in [-0.3, -0.25) is 4.79 Å². The molecule has 2 aromatic carbocycles. The first kappa shape index (κ1) is 22.2. The molecule has 0 radical (unpaired) electrons. The number of ether oxygens (including phenoxy) is 3. The summed E-state index contributed by atoms with van der Waals surface area (Å²) >= 11 is 3.51. The minimum Gasteiger partial charge on any atom is -0.493 e. The van der Waals surface area contributed by atoms with Gasteiger partial charge in [-0.25, -0.2) is 0 Å². The summed E-state index contributed by atoms with van der Waals surface area (Å²) in [6.45, 7) is 4.18. The highest BCUT2D eigenvalue weighted by atomic mass is 79.9. The van der Waals surface area contributed by atoms with Gasteiger partial charge < -0.3 is 24.8 Å². The molecule has 0 aliphatic carbocycles. The number of hydrogen-bond donors (Lipinski definition) is 2. The second-order valence-corrected chi connectivity index (χ2v) is 7.19. The lowest BCUT2D eigenvalue weighted by atomic mass is 10.2. The average Bonchev–Trinajstić information content (AvgIpc) is 2.68. The Morgan fingerprint density at radius 1 is 1.14 bits per heavy atom. The maximum Gasteiger partial charge on any atom is 0.262 e. The van der Waals surface area contributed by atoms with Crippen molar-refractivity contribution < 1.29 is 19.0 Å². The molecular weight excluding hydrogens is 424 g/mol. The first-order valence-corrected chi connectivity index (χ1v) is 9.88. The van der Waals surface area contributed by atoms with E-state index in [0.29, 0.717) is 18.0 Å². The summed E-state index contributed by atoms with van der Waals surface area (Å²) in [4.78, 5) is 12.2. The van der Waals surface area contributed by atoms with Crippen molar-refractivity contribution in [2.45, 2.75) is 19.9 Å². The monoisotopic (exact) mass is 450 g/mol. The standard InChI is InChI=1S/C21H27BrN2O4/c1-15-5-7-17(8-6-15)24-20(25)14-28-21-18(22)11-16(12-19(21)27-3)13-23-9-4-10-26-2/h5-8,11-12,23H,4,9-10,13-14H2,1-3H3,(H,24,25). The number of hydrogen-bond acceptors (Lipinski definition) is 5. The Bertz CT molecular complexity index is 766. The molecule has 0 bridgehead atoms. The van der Waals surface area contributed by atoms with Gasteiger partial charge >= 0.3 is 0 Å². The van der Waals surface area contributed by atoms with Crippen molar-refractivity contribution in [2.24, 2.45) is 0 Å². The van der Waals surface area contributed by atoms with Crippen molar-refractivity contribution in [1.29, 1.82) is 0 Å². The third-order valence-corrected chi connectivity index (χ3v) is 4.59. The molecule has 2 aromatic rings. The van der Waals surface area contributed by atoms with E-state index in [2.05, 4.69) is 26.6 Å². The molecule has 0 saturated heterocycles. The third kappa shape index (κ3) is 7.14. The Hall–Kier alpha value is -2.09. The quantitative estimate of drug-likeness (QED) is 0.507. The van der Waals surface area contributed by atoms with E-state index < -0.39 is 0 Å². The number of rotatable bonds is 11. The van der Waals surface area contributed by atoms with Gasteiger partial charge in [0.1, 0.15) is 0 Å². The van der Waals surface area contributed by atoms with Gasteiger partial charge in [0.15, 0.2) is 18.1 Å². The van der Waals surface area contributed by atoms with Crippen LogP contribution in [0.4, 0.5) is 5.69 Å². The Morgan fingerprint density at radius 2 is 1.89 bits per heavy atom. The van der Waals surface area contributed by atoms with E-state index in [1.165, 1.54) is 0 Å². The number of anilines is 1. The van der Waals surface area contributed by atoms with Crippen LogP contribution in [0.1, 0.15) is 17.5 Å². The molecule has 0 saturated carbocycles. The zero-order chi connectivity index (χ0) is 20.4. The summed E-state index contributed by atoms with van der Waals surface area (Å²) in [5.41, 5.74) is 2.92. The van der Waals surface area contributed by atoms with Crippen LogP contribution in [0.25, 0.3) is 0 Å². The molecule has 0 aromatic heterocycles. The summed E-state index contributed by atoms with van der Waals surface area (Å²) in [5.74, 6) is 0.845. The van der Waals surface area contributed by atoms with E-state index in [1.807, 2.05) is 43.3 Å². The van der Waals surface area contributed by atoms with Gasteiger partial charge in [-0.05, 0) is 65.6 Å². The summed E-state index contributed by atoms with van der Waals surface area (Å²) < 4.78 is 16.9. The van der Waals surface area contributed by atoms with Crippen molar-refractivity contribution >= 4 is 27.5 Å². The zero-order valence-electron chi connectivity index (χ0n) is 16.5. The first-order valence-electron chi connectivity index (χ1n) is 9.09. The van der Waals surface area contributed by atoms with Gasteiger partial charge in [-0.15, -0.1) is 0 Å². The van der Waals surface area contributed by atoms with Crippen molar-refractivity contribution in [1.82, 2.24) is 5.32 Å². The Balaban J connectivity index is 1.92. The van der Waals surface area contributed by atoms with Crippen LogP contribution in [0.3, 0.4) is 0 Å². The number of carbonyl (C=O) groups is 1. The predicted molar refractivity (Wildman–Crippen MR) is 114 cm³/mol. The molecule has 6 nitrogen and oxygen atoms in total. The van der Waals surface area contributed by atoms with Gasteiger partial charge in [0, 0.05) is 25.9 Å². The third-order valence-electron chi connectivity index (χ3n) is 4.00. The molecule has 2 N–H and O–H groups in total. The van der Waals surface area contributed by atoms with Crippen LogP contribution in [-0.4, -0.2) is 39.9 Å². The molecule has 7 heteroatoms. The SMILES string of the molecule is COCCCNCc1cc(Br)c(OCC(=O)Nc2ccc(C)cc2)c(OC)c1. The smallest absolute Gasteiger partial charge is 0.262 e. The predicted octanol–water partition coefficient (Wildman–Crippen LogP) is 3.91. The number of halogens is 1. The van der Waals surface area contributed by atoms with Gasteiger partial charge in [-0.2, -0.15) is 0 Å². The van der Waals surface area contributed by atoms with Crippen molar-refractivity contribution in [3.63, 3.8) is 0 Å². The fourth-order valence-corrected chi connectivity index (χ4v) is 3.17. The highest BCUT2D eigenvalue weighted by Gasteiger charge is 2.14. The minimum absolute atomic E-state index is 0.114. The summed E-state index contributed by atoms with van der Waals surface area (Å²) in [6, 6.07) is 11.5. The van der Waals surface area contributed by atoms with Gasteiger partial charge in [0.05, 0.1) is 11.6 Å². The highest BCUT2D eigenvalue weighted by Crippen LogP contribution is 2.36. The van der Waals surface area contributed by atoms with E-state index in [1.54, 1.807) is 14.2 Å². The lowest BCUT2D eigenvalue weighted by Gasteiger charge is -2.15. The second-order valence-electron chi connectivity index (χ2n) is 6.34. The molecule has 2 rings (SSSR count). The van der Waals surface area contributed by atoms with E-state index in [0.717, 1.165) is 40.9 Å². The molecular formula is C21H27BrN2O4. The summed E-state index contributed by atoms with van der Waals surface area (Å²) in [5, 5.41) is 6.17. The summed E-state index contributed by atoms with van der Waals surface area (Å²) in [7, 11) is 3.28. The maximum atomic E-state index is 12.2. The molecule has 0 heterocycles. The van der Waals surface area contributed by atoms with Crippen LogP contribution >= 0.6 is 15.9 Å². The molecule has 0 atom stereocenters. The van der Waals surface area contributed by atoms with E-state index >= 15 is 0 Å². The molecule has 0 fully saturated rings. The van der Waals surface area contributed by atoms with Crippen molar-refractivity contribution in [3.05, 3.63) is 52.0 Å². The molecule has 0 aliphatic heterocycles. The average molecular weight is 451 g/mol. The molecule has 1 amide bonds. The molecule has 0 spiro atoms. The van der Waals surface area contributed by atoms with Crippen LogP contribution < -0.4 is 20.1 Å². The van der Waals surface area contributed by atoms with E-state index in [4.69, 9.17) is 14.2 Å². The van der Waals surface area contributed by atoms with Gasteiger partial charge in [-0.1, -0.05) is 17.7 Å². The molecule has 0 aliphatic rings.